The number of rotatable bonds is 3. The summed E-state index contributed by atoms with van der Waals surface area (Å²) in [6.07, 6.45) is 7.25. The van der Waals surface area contributed by atoms with Gasteiger partial charge in [0.1, 0.15) is 5.82 Å². The van der Waals surface area contributed by atoms with E-state index in [1.807, 2.05) is 6.92 Å². The molecule has 2 rings (SSSR count). The average Bonchev–Trinajstić information content (AvgIpc) is 2.54. The van der Waals surface area contributed by atoms with E-state index in [1.165, 1.54) is 12.8 Å². The summed E-state index contributed by atoms with van der Waals surface area (Å²) in [6.45, 7) is 1.86. The van der Waals surface area contributed by atoms with Crippen molar-refractivity contribution in [3.8, 4) is 0 Å². The number of hydrogen-bond acceptors (Lipinski definition) is 4. The summed E-state index contributed by atoms with van der Waals surface area (Å²) in [5.74, 6) is 0.116. The van der Waals surface area contributed by atoms with Crippen LogP contribution in [0.1, 0.15) is 48.0 Å². The summed E-state index contributed by atoms with van der Waals surface area (Å²) in [4.78, 5) is 15.8. The Bertz CT molecular complexity index is 461. The Morgan fingerprint density at radius 2 is 2.11 bits per heavy atom. The lowest BCUT2D eigenvalue weighted by atomic mass is 10.0. The van der Waals surface area contributed by atoms with Gasteiger partial charge in [-0.15, -0.1) is 0 Å². The molecule has 2 atom stereocenters. The summed E-state index contributed by atoms with van der Waals surface area (Å²) in [5, 5.41) is 3.32. The standard InChI is InChI=1S/C14H22N4O/c1-9-7-8-17-14(12(9)13(16)19)18-11-6-4-2-3-5-10(11)15/h7-8,10-11H,2-6,15H2,1H3,(H2,16,19)(H,17,18). The van der Waals surface area contributed by atoms with Gasteiger partial charge in [0.2, 0.25) is 0 Å². The number of aromatic nitrogens is 1. The van der Waals surface area contributed by atoms with Crippen LogP contribution in [0.4, 0.5) is 5.82 Å². The first kappa shape index (κ1) is 13.8. The molecule has 104 valence electrons. The van der Waals surface area contributed by atoms with Gasteiger partial charge in [0.05, 0.1) is 5.56 Å². The second-order valence-corrected chi connectivity index (χ2v) is 5.27. The highest BCUT2D eigenvalue weighted by molar-refractivity contribution is 5.99. The van der Waals surface area contributed by atoms with Crippen molar-refractivity contribution in [1.82, 2.24) is 4.98 Å². The Hall–Kier alpha value is -1.62. The summed E-state index contributed by atoms with van der Waals surface area (Å²) in [6, 6.07) is 2.05. The van der Waals surface area contributed by atoms with Crippen molar-refractivity contribution in [3.63, 3.8) is 0 Å². The molecule has 1 fully saturated rings. The van der Waals surface area contributed by atoms with Crippen molar-refractivity contribution in [2.75, 3.05) is 5.32 Å². The molecule has 5 heteroatoms. The van der Waals surface area contributed by atoms with E-state index in [2.05, 4.69) is 10.3 Å². The number of pyridine rings is 1. The molecule has 1 aromatic rings. The molecular formula is C14H22N4O. The molecule has 1 heterocycles. The van der Waals surface area contributed by atoms with Crippen molar-refractivity contribution >= 4 is 11.7 Å². The van der Waals surface area contributed by atoms with Crippen molar-refractivity contribution in [1.29, 1.82) is 0 Å². The molecule has 0 radical (unpaired) electrons. The molecule has 0 spiro atoms. The number of anilines is 1. The minimum atomic E-state index is -0.449. The summed E-state index contributed by atoms with van der Waals surface area (Å²) in [5.41, 5.74) is 12.9. The fourth-order valence-electron chi connectivity index (χ4n) is 2.67. The molecular weight excluding hydrogens is 240 g/mol. The zero-order valence-electron chi connectivity index (χ0n) is 11.4. The van der Waals surface area contributed by atoms with Gasteiger partial charge >= 0.3 is 0 Å². The minimum Gasteiger partial charge on any atom is -0.365 e. The van der Waals surface area contributed by atoms with Gasteiger partial charge in [-0.2, -0.15) is 0 Å². The van der Waals surface area contributed by atoms with Gasteiger partial charge in [0.15, 0.2) is 0 Å². The Balaban J connectivity index is 2.22. The second kappa shape index (κ2) is 6.02. The van der Waals surface area contributed by atoms with Crippen molar-refractivity contribution in [2.45, 2.75) is 51.1 Å². The van der Waals surface area contributed by atoms with Gasteiger partial charge in [-0.1, -0.05) is 19.3 Å². The molecule has 1 amide bonds. The molecule has 0 aromatic carbocycles. The third kappa shape index (κ3) is 3.23. The number of nitrogens with two attached hydrogens (primary N) is 2. The summed E-state index contributed by atoms with van der Waals surface area (Å²) >= 11 is 0. The van der Waals surface area contributed by atoms with Crippen LogP contribution in [0.15, 0.2) is 12.3 Å². The maximum atomic E-state index is 11.5. The molecule has 5 N–H and O–H groups in total. The number of carbonyl (C=O) groups excluding carboxylic acids is 1. The van der Waals surface area contributed by atoms with E-state index in [9.17, 15) is 4.79 Å². The van der Waals surface area contributed by atoms with Crippen molar-refractivity contribution < 1.29 is 4.79 Å². The van der Waals surface area contributed by atoms with Crippen LogP contribution in [0.3, 0.4) is 0 Å². The summed E-state index contributed by atoms with van der Waals surface area (Å²) in [7, 11) is 0. The van der Waals surface area contributed by atoms with Gasteiger partial charge in [0, 0.05) is 18.3 Å². The molecule has 19 heavy (non-hydrogen) atoms. The van der Waals surface area contributed by atoms with E-state index in [0.717, 1.165) is 24.8 Å². The zero-order chi connectivity index (χ0) is 13.8. The van der Waals surface area contributed by atoms with Crippen molar-refractivity contribution in [3.05, 3.63) is 23.4 Å². The van der Waals surface area contributed by atoms with Gasteiger partial charge in [-0.25, -0.2) is 4.98 Å². The number of hydrogen-bond donors (Lipinski definition) is 3. The fraction of sp³-hybridized carbons (Fsp3) is 0.571. The SMILES string of the molecule is Cc1ccnc(NC2CCCCCC2N)c1C(N)=O. The van der Waals surface area contributed by atoms with Crippen LogP contribution < -0.4 is 16.8 Å². The number of amides is 1. The van der Waals surface area contributed by atoms with Crippen LogP contribution in [0, 0.1) is 6.92 Å². The van der Waals surface area contributed by atoms with E-state index in [-0.39, 0.29) is 12.1 Å². The predicted octanol–water partition coefficient (Wildman–Crippen LogP) is 1.56. The Kier molecular flexibility index (Phi) is 4.37. The molecule has 1 aliphatic carbocycles. The number of carbonyl (C=O) groups is 1. The van der Waals surface area contributed by atoms with Crippen LogP contribution in [-0.2, 0) is 0 Å². The van der Waals surface area contributed by atoms with Crippen LogP contribution >= 0.6 is 0 Å². The van der Waals surface area contributed by atoms with Crippen LogP contribution in [0.5, 0.6) is 0 Å². The maximum Gasteiger partial charge on any atom is 0.252 e. The largest absolute Gasteiger partial charge is 0.365 e. The predicted molar refractivity (Wildman–Crippen MR) is 76.0 cm³/mol. The Morgan fingerprint density at radius 1 is 1.37 bits per heavy atom. The molecule has 2 unspecified atom stereocenters. The fourth-order valence-corrected chi connectivity index (χ4v) is 2.67. The van der Waals surface area contributed by atoms with Gasteiger partial charge in [-0.05, 0) is 31.4 Å². The Labute approximate surface area is 113 Å². The molecule has 0 aliphatic heterocycles. The number of primary amides is 1. The Morgan fingerprint density at radius 3 is 2.84 bits per heavy atom. The second-order valence-electron chi connectivity index (χ2n) is 5.27. The minimum absolute atomic E-state index is 0.102. The number of nitrogens with one attached hydrogen (secondary N) is 1. The lowest BCUT2D eigenvalue weighted by Crippen LogP contribution is -2.40. The van der Waals surface area contributed by atoms with Crippen LogP contribution in [0.2, 0.25) is 0 Å². The molecule has 0 saturated heterocycles. The van der Waals surface area contributed by atoms with Gasteiger partial charge in [0.25, 0.3) is 5.91 Å². The van der Waals surface area contributed by atoms with Crippen LogP contribution in [0.25, 0.3) is 0 Å². The molecule has 1 aliphatic rings. The van der Waals surface area contributed by atoms with E-state index in [1.54, 1.807) is 12.3 Å². The normalized spacial score (nSPS) is 23.7. The molecule has 5 nitrogen and oxygen atoms in total. The van der Waals surface area contributed by atoms with Gasteiger partial charge in [-0.3, -0.25) is 4.79 Å². The zero-order valence-corrected chi connectivity index (χ0v) is 11.4. The van der Waals surface area contributed by atoms with E-state index in [0.29, 0.717) is 11.4 Å². The topological polar surface area (TPSA) is 94.0 Å². The van der Waals surface area contributed by atoms with Gasteiger partial charge < -0.3 is 16.8 Å². The number of aryl methyl sites for hydroxylation is 1. The molecule has 0 bridgehead atoms. The van der Waals surface area contributed by atoms with E-state index >= 15 is 0 Å². The smallest absolute Gasteiger partial charge is 0.252 e. The first-order valence-corrected chi connectivity index (χ1v) is 6.87. The highest BCUT2D eigenvalue weighted by Crippen LogP contribution is 2.22. The highest BCUT2D eigenvalue weighted by Gasteiger charge is 2.22. The summed E-state index contributed by atoms with van der Waals surface area (Å²) < 4.78 is 0. The molecule has 1 saturated carbocycles. The lowest BCUT2D eigenvalue weighted by molar-refractivity contribution is 0.1000. The van der Waals surface area contributed by atoms with Crippen molar-refractivity contribution in [2.24, 2.45) is 11.5 Å². The maximum absolute atomic E-state index is 11.5. The van der Waals surface area contributed by atoms with E-state index in [4.69, 9.17) is 11.5 Å². The third-order valence-corrected chi connectivity index (χ3v) is 3.80. The first-order valence-electron chi connectivity index (χ1n) is 6.87. The molecule has 1 aromatic heterocycles. The van der Waals surface area contributed by atoms with Crippen LogP contribution in [-0.4, -0.2) is 23.0 Å². The third-order valence-electron chi connectivity index (χ3n) is 3.80. The van der Waals surface area contributed by atoms with E-state index < -0.39 is 5.91 Å². The lowest BCUT2D eigenvalue weighted by Gasteiger charge is -2.24. The highest BCUT2D eigenvalue weighted by atomic mass is 16.1. The average molecular weight is 262 g/mol. The number of nitrogens with zero attached hydrogens (tertiary/aromatic N) is 1. The first-order chi connectivity index (χ1) is 9.09. The quantitative estimate of drug-likeness (QED) is 0.720. The monoisotopic (exact) mass is 262 g/mol.